The number of carbonyl (C=O) groups excluding carboxylic acids is 1. The Bertz CT molecular complexity index is 1220. The molecule has 1 fully saturated rings. The molecule has 29 heavy (non-hydrogen) atoms. The van der Waals surface area contributed by atoms with Crippen LogP contribution in [0.2, 0.25) is 0 Å². The smallest absolute Gasteiger partial charge is 0.242 e. The van der Waals surface area contributed by atoms with Crippen LogP contribution in [0.4, 0.5) is 10.3 Å². The molecule has 3 heterocycles. The Morgan fingerprint density at radius 2 is 2.00 bits per heavy atom. The first-order valence-electron chi connectivity index (χ1n) is 9.65. The number of aromatic nitrogens is 4. The first-order chi connectivity index (χ1) is 14.2. The van der Waals surface area contributed by atoms with Crippen LogP contribution in [-0.2, 0) is 4.79 Å². The molecule has 146 valence electrons. The van der Waals surface area contributed by atoms with Crippen molar-refractivity contribution in [2.24, 2.45) is 0 Å². The lowest BCUT2D eigenvalue weighted by Gasteiger charge is -2.16. The molecule has 0 saturated carbocycles. The molecule has 2 N–H and O–H groups in total. The Labute approximate surface area is 166 Å². The van der Waals surface area contributed by atoms with Crippen molar-refractivity contribution in [3.8, 4) is 11.4 Å². The van der Waals surface area contributed by atoms with Gasteiger partial charge in [0, 0.05) is 17.5 Å². The van der Waals surface area contributed by atoms with E-state index in [9.17, 15) is 9.18 Å². The predicted octanol–water partition coefficient (Wildman–Crippen LogP) is 3.16. The highest BCUT2D eigenvalue weighted by Gasteiger charge is 2.23. The molecule has 1 saturated heterocycles. The maximum atomic E-state index is 13.7. The molecule has 1 amide bonds. The van der Waals surface area contributed by atoms with Crippen LogP contribution in [-0.4, -0.2) is 38.1 Å². The highest BCUT2D eigenvalue weighted by Crippen LogP contribution is 2.25. The number of anilines is 1. The number of halogens is 1. The van der Waals surface area contributed by atoms with E-state index in [1.165, 1.54) is 12.1 Å². The third kappa shape index (κ3) is 3.26. The van der Waals surface area contributed by atoms with E-state index in [4.69, 9.17) is 0 Å². The molecule has 0 aliphatic carbocycles. The third-order valence-electron chi connectivity index (χ3n) is 5.10. The van der Waals surface area contributed by atoms with Crippen molar-refractivity contribution < 1.29 is 9.18 Å². The Morgan fingerprint density at radius 3 is 2.90 bits per heavy atom. The summed E-state index contributed by atoms with van der Waals surface area (Å²) in [5, 5.41) is 11.6. The van der Waals surface area contributed by atoms with E-state index in [1.54, 1.807) is 16.6 Å². The second-order valence-corrected chi connectivity index (χ2v) is 7.12. The van der Waals surface area contributed by atoms with Crippen molar-refractivity contribution in [3.05, 3.63) is 54.3 Å². The summed E-state index contributed by atoms with van der Waals surface area (Å²) in [5.74, 6) is 0.445. The lowest BCUT2D eigenvalue weighted by Crippen LogP contribution is -2.38. The molecule has 0 radical (unpaired) electrons. The fourth-order valence-electron chi connectivity index (χ4n) is 3.63. The molecular weight excluding hydrogens is 371 g/mol. The monoisotopic (exact) mass is 390 g/mol. The SMILES string of the molecule is O=C1NCCCC[C@@H]1Nc1nc2ccccc2c2nc(-c3cccc(F)c3)nn12. The van der Waals surface area contributed by atoms with Gasteiger partial charge >= 0.3 is 0 Å². The Morgan fingerprint density at radius 1 is 1.10 bits per heavy atom. The van der Waals surface area contributed by atoms with E-state index in [-0.39, 0.29) is 11.7 Å². The molecule has 2 aromatic heterocycles. The van der Waals surface area contributed by atoms with Crippen LogP contribution >= 0.6 is 0 Å². The summed E-state index contributed by atoms with van der Waals surface area (Å²) < 4.78 is 15.3. The van der Waals surface area contributed by atoms with Gasteiger partial charge in [-0.15, -0.1) is 5.10 Å². The molecule has 8 heteroatoms. The largest absolute Gasteiger partial charge is 0.354 e. The lowest BCUT2D eigenvalue weighted by molar-refractivity contribution is -0.121. The van der Waals surface area contributed by atoms with E-state index in [0.717, 1.165) is 23.7 Å². The van der Waals surface area contributed by atoms with Crippen molar-refractivity contribution >= 4 is 28.4 Å². The van der Waals surface area contributed by atoms with Crippen LogP contribution in [0, 0.1) is 5.82 Å². The van der Waals surface area contributed by atoms with Gasteiger partial charge in [0.1, 0.15) is 11.9 Å². The standard InChI is InChI=1S/C21H19FN6O/c22-14-7-5-6-13(12-14)18-26-19-15-8-1-2-9-16(15)24-21(28(19)27-18)25-17-10-3-4-11-23-20(17)29/h1-2,5-9,12,17H,3-4,10-11H2,(H,23,29)(H,24,25)/t17-/m0/s1. The van der Waals surface area contributed by atoms with E-state index in [2.05, 4.69) is 25.7 Å². The van der Waals surface area contributed by atoms with Crippen LogP contribution in [0.1, 0.15) is 19.3 Å². The summed E-state index contributed by atoms with van der Waals surface area (Å²) in [4.78, 5) is 21.7. The van der Waals surface area contributed by atoms with Gasteiger partial charge in [0.25, 0.3) is 0 Å². The van der Waals surface area contributed by atoms with Crippen molar-refractivity contribution in [1.82, 2.24) is 24.9 Å². The van der Waals surface area contributed by atoms with Crippen LogP contribution in [0.25, 0.3) is 27.9 Å². The van der Waals surface area contributed by atoms with E-state index in [1.807, 2.05) is 24.3 Å². The summed E-state index contributed by atoms with van der Waals surface area (Å²) in [5.41, 5.74) is 1.93. The average Bonchev–Trinajstić information content (AvgIpc) is 3.09. The van der Waals surface area contributed by atoms with E-state index in [0.29, 0.717) is 35.9 Å². The van der Waals surface area contributed by atoms with Crippen molar-refractivity contribution in [2.45, 2.75) is 25.3 Å². The van der Waals surface area contributed by atoms with Gasteiger partial charge in [0.15, 0.2) is 11.5 Å². The van der Waals surface area contributed by atoms with E-state index >= 15 is 0 Å². The number of fused-ring (bicyclic) bond motifs is 3. The first-order valence-corrected chi connectivity index (χ1v) is 9.65. The summed E-state index contributed by atoms with van der Waals surface area (Å²) >= 11 is 0. The Kier molecular flexibility index (Phi) is 4.31. The van der Waals surface area contributed by atoms with Crippen LogP contribution in [0.3, 0.4) is 0 Å². The number of carbonyl (C=O) groups is 1. The third-order valence-corrected chi connectivity index (χ3v) is 5.10. The molecular formula is C21H19FN6O. The summed E-state index contributed by atoms with van der Waals surface area (Å²) in [6.07, 6.45) is 2.61. The summed E-state index contributed by atoms with van der Waals surface area (Å²) in [6.45, 7) is 0.685. The highest BCUT2D eigenvalue weighted by atomic mass is 19.1. The Balaban J connectivity index is 1.66. The number of benzene rings is 2. The number of para-hydroxylation sites is 1. The number of nitrogens with one attached hydrogen (secondary N) is 2. The number of hydrogen-bond donors (Lipinski definition) is 2. The molecule has 1 aliphatic rings. The maximum absolute atomic E-state index is 13.7. The molecule has 0 spiro atoms. The summed E-state index contributed by atoms with van der Waals surface area (Å²) in [6, 6.07) is 13.4. The first kappa shape index (κ1) is 17.5. The minimum absolute atomic E-state index is 0.0453. The van der Waals surface area contributed by atoms with Crippen LogP contribution in [0.15, 0.2) is 48.5 Å². The van der Waals surface area contributed by atoms with Crippen LogP contribution < -0.4 is 10.6 Å². The normalized spacial score (nSPS) is 17.3. The van der Waals surface area contributed by atoms with Gasteiger partial charge in [-0.25, -0.2) is 14.4 Å². The number of rotatable bonds is 3. The van der Waals surface area contributed by atoms with Crippen molar-refractivity contribution in [1.29, 1.82) is 0 Å². The van der Waals surface area contributed by atoms with Gasteiger partial charge in [0.2, 0.25) is 11.9 Å². The number of amides is 1. The fourth-order valence-corrected chi connectivity index (χ4v) is 3.63. The number of hydrogen-bond acceptors (Lipinski definition) is 5. The number of nitrogens with zero attached hydrogens (tertiary/aromatic N) is 4. The topological polar surface area (TPSA) is 84.2 Å². The minimum atomic E-state index is -0.392. The zero-order chi connectivity index (χ0) is 19.8. The molecule has 7 nitrogen and oxygen atoms in total. The molecule has 0 bridgehead atoms. The van der Waals surface area contributed by atoms with Crippen molar-refractivity contribution in [2.75, 3.05) is 11.9 Å². The zero-order valence-corrected chi connectivity index (χ0v) is 15.6. The predicted molar refractivity (Wildman–Crippen MR) is 108 cm³/mol. The molecule has 5 rings (SSSR count). The highest BCUT2D eigenvalue weighted by molar-refractivity contribution is 5.93. The Hall–Kier alpha value is -3.55. The second kappa shape index (κ2) is 7.12. The van der Waals surface area contributed by atoms with Gasteiger partial charge in [-0.3, -0.25) is 4.79 Å². The van der Waals surface area contributed by atoms with Gasteiger partial charge in [0.05, 0.1) is 5.52 Å². The van der Waals surface area contributed by atoms with Crippen molar-refractivity contribution in [3.63, 3.8) is 0 Å². The van der Waals surface area contributed by atoms with Gasteiger partial charge in [-0.2, -0.15) is 4.52 Å². The second-order valence-electron chi connectivity index (χ2n) is 7.12. The molecule has 1 atom stereocenters. The molecule has 1 aliphatic heterocycles. The summed E-state index contributed by atoms with van der Waals surface area (Å²) in [7, 11) is 0. The lowest BCUT2D eigenvalue weighted by atomic mass is 10.1. The molecule has 4 aromatic rings. The quantitative estimate of drug-likeness (QED) is 0.561. The molecule has 0 unspecified atom stereocenters. The van der Waals surface area contributed by atoms with Gasteiger partial charge < -0.3 is 10.6 Å². The van der Waals surface area contributed by atoms with Gasteiger partial charge in [-0.1, -0.05) is 24.3 Å². The maximum Gasteiger partial charge on any atom is 0.242 e. The average molecular weight is 390 g/mol. The van der Waals surface area contributed by atoms with Crippen LogP contribution in [0.5, 0.6) is 0 Å². The minimum Gasteiger partial charge on any atom is -0.354 e. The van der Waals surface area contributed by atoms with Gasteiger partial charge in [-0.05, 0) is 43.5 Å². The van der Waals surface area contributed by atoms with E-state index < -0.39 is 6.04 Å². The molecule has 2 aromatic carbocycles. The zero-order valence-electron chi connectivity index (χ0n) is 15.6. The fraction of sp³-hybridized carbons (Fsp3) is 0.238.